The molecule has 1 aliphatic rings. The molecule has 0 atom stereocenters. The highest BCUT2D eigenvalue weighted by atomic mass is 32.2. The molecular weight excluding hydrogens is 270 g/mol. The lowest BCUT2D eigenvalue weighted by atomic mass is 10.3. The number of nitrogen functional groups attached to an aromatic ring is 1. The Morgan fingerprint density at radius 2 is 1.70 bits per heavy atom. The summed E-state index contributed by atoms with van der Waals surface area (Å²) in [6.45, 7) is 5.88. The van der Waals surface area contributed by atoms with Gasteiger partial charge in [0.1, 0.15) is 16.7 Å². The number of hydrogen-bond acceptors (Lipinski definition) is 6. The van der Waals surface area contributed by atoms with Crippen LogP contribution in [-0.2, 0) is 0 Å². The van der Waals surface area contributed by atoms with Crippen LogP contribution in [0, 0.1) is 20.8 Å². The quantitative estimate of drug-likeness (QED) is 0.691. The van der Waals surface area contributed by atoms with Crippen LogP contribution in [0.4, 0.5) is 5.82 Å². The SMILES string of the molecule is Cc1cc(C)nc(Sc2nc(C3CC3)nc(N)c2C)n1. The highest BCUT2D eigenvalue weighted by Gasteiger charge is 2.28. The van der Waals surface area contributed by atoms with Crippen LogP contribution in [-0.4, -0.2) is 19.9 Å². The van der Waals surface area contributed by atoms with Gasteiger partial charge >= 0.3 is 0 Å². The van der Waals surface area contributed by atoms with Gasteiger partial charge in [0.05, 0.1) is 0 Å². The average Bonchev–Trinajstić information content (AvgIpc) is 3.17. The first-order chi connectivity index (χ1) is 9.52. The minimum atomic E-state index is 0.484. The fourth-order valence-electron chi connectivity index (χ4n) is 1.98. The summed E-state index contributed by atoms with van der Waals surface area (Å²) in [5, 5.41) is 1.58. The van der Waals surface area contributed by atoms with E-state index >= 15 is 0 Å². The van der Waals surface area contributed by atoms with Crippen molar-refractivity contribution in [2.75, 3.05) is 5.73 Å². The van der Waals surface area contributed by atoms with Gasteiger partial charge in [-0.1, -0.05) is 0 Å². The number of aryl methyl sites for hydroxylation is 2. The normalized spacial score (nSPS) is 14.6. The standard InChI is InChI=1S/C14H17N5S/c1-7-6-8(2)17-14(16-7)20-13-9(3)11(15)18-12(19-13)10-4-5-10/h6,10H,4-5H2,1-3H3,(H2,15,18,19). The van der Waals surface area contributed by atoms with Crippen molar-refractivity contribution >= 4 is 17.6 Å². The molecule has 2 aromatic rings. The van der Waals surface area contributed by atoms with Crippen molar-refractivity contribution in [3.05, 3.63) is 28.8 Å². The van der Waals surface area contributed by atoms with E-state index in [1.807, 2.05) is 26.8 Å². The van der Waals surface area contributed by atoms with Gasteiger partial charge in [-0.25, -0.2) is 19.9 Å². The maximum absolute atomic E-state index is 6.00. The van der Waals surface area contributed by atoms with E-state index in [9.17, 15) is 0 Å². The molecule has 20 heavy (non-hydrogen) atoms. The number of hydrogen-bond donors (Lipinski definition) is 1. The monoisotopic (exact) mass is 287 g/mol. The number of nitrogens with zero attached hydrogens (tertiary/aromatic N) is 4. The van der Waals surface area contributed by atoms with Crippen LogP contribution in [0.3, 0.4) is 0 Å². The largest absolute Gasteiger partial charge is 0.383 e. The highest BCUT2D eigenvalue weighted by molar-refractivity contribution is 7.99. The molecule has 2 heterocycles. The lowest BCUT2D eigenvalue weighted by Gasteiger charge is -2.09. The van der Waals surface area contributed by atoms with Crippen molar-refractivity contribution in [3.63, 3.8) is 0 Å². The molecule has 2 N–H and O–H groups in total. The fourth-order valence-corrected chi connectivity index (χ4v) is 2.93. The van der Waals surface area contributed by atoms with Crippen molar-refractivity contribution in [1.82, 2.24) is 19.9 Å². The third kappa shape index (κ3) is 2.75. The Balaban J connectivity index is 1.96. The third-order valence-electron chi connectivity index (χ3n) is 3.25. The van der Waals surface area contributed by atoms with Crippen molar-refractivity contribution < 1.29 is 0 Å². The van der Waals surface area contributed by atoms with Gasteiger partial charge in [0.2, 0.25) is 0 Å². The van der Waals surface area contributed by atoms with E-state index in [4.69, 9.17) is 5.73 Å². The smallest absolute Gasteiger partial charge is 0.194 e. The first kappa shape index (κ1) is 13.3. The summed E-state index contributed by atoms with van der Waals surface area (Å²) in [5.74, 6) is 1.91. The van der Waals surface area contributed by atoms with E-state index in [-0.39, 0.29) is 0 Å². The van der Waals surface area contributed by atoms with Crippen LogP contribution < -0.4 is 5.73 Å². The molecule has 0 saturated heterocycles. The number of aromatic nitrogens is 4. The van der Waals surface area contributed by atoms with Crippen molar-refractivity contribution in [2.45, 2.75) is 49.7 Å². The third-order valence-corrected chi connectivity index (χ3v) is 4.20. The van der Waals surface area contributed by atoms with Gasteiger partial charge in [0.25, 0.3) is 0 Å². The Morgan fingerprint density at radius 3 is 2.30 bits per heavy atom. The molecular formula is C14H17N5S. The summed E-state index contributed by atoms with van der Waals surface area (Å²) < 4.78 is 0. The topological polar surface area (TPSA) is 77.6 Å². The maximum atomic E-state index is 6.00. The summed E-state index contributed by atoms with van der Waals surface area (Å²) in [6, 6.07) is 1.96. The number of rotatable bonds is 3. The zero-order chi connectivity index (χ0) is 14.3. The van der Waals surface area contributed by atoms with Crippen LogP contribution in [0.1, 0.15) is 41.5 Å². The molecule has 0 aliphatic heterocycles. The molecule has 1 saturated carbocycles. The molecule has 0 unspecified atom stereocenters. The molecule has 2 aromatic heterocycles. The van der Waals surface area contributed by atoms with Crippen LogP contribution in [0.15, 0.2) is 16.2 Å². The second-order valence-electron chi connectivity index (χ2n) is 5.21. The van der Waals surface area contributed by atoms with Gasteiger partial charge in [-0.05, 0) is 51.4 Å². The molecule has 6 heteroatoms. The second kappa shape index (κ2) is 5.01. The minimum absolute atomic E-state index is 0.484. The zero-order valence-corrected chi connectivity index (χ0v) is 12.7. The molecule has 0 amide bonds. The Kier molecular flexibility index (Phi) is 3.33. The van der Waals surface area contributed by atoms with Crippen LogP contribution >= 0.6 is 11.8 Å². The molecule has 0 spiro atoms. The lowest BCUT2D eigenvalue weighted by molar-refractivity contribution is 0.857. The molecule has 0 aromatic carbocycles. The number of anilines is 1. The lowest BCUT2D eigenvalue weighted by Crippen LogP contribution is -2.04. The molecule has 0 bridgehead atoms. The molecule has 5 nitrogen and oxygen atoms in total. The average molecular weight is 287 g/mol. The minimum Gasteiger partial charge on any atom is -0.383 e. The zero-order valence-electron chi connectivity index (χ0n) is 11.8. The van der Waals surface area contributed by atoms with E-state index in [2.05, 4.69) is 19.9 Å². The molecule has 1 fully saturated rings. The summed E-state index contributed by atoms with van der Waals surface area (Å²) in [5.41, 5.74) is 8.82. The Bertz CT molecular complexity index is 647. The number of nitrogens with two attached hydrogens (primary N) is 1. The first-order valence-corrected chi connectivity index (χ1v) is 7.48. The van der Waals surface area contributed by atoms with E-state index in [0.29, 0.717) is 16.9 Å². The van der Waals surface area contributed by atoms with Crippen LogP contribution in [0.5, 0.6) is 0 Å². The Morgan fingerprint density at radius 1 is 1.05 bits per heavy atom. The van der Waals surface area contributed by atoms with Gasteiger partial charge in [-0.15, -0.1) is 0 Å². The molecule has 0 radical (unpaired) electrons. The van der Waals surface area contributed by atoms with E-state index in [0.717, 1.165) is 40.6 Å². The first-order valence-electron chi connectivity index (χ1n) is 6.67. The Labute approximate surface area is 122 Å². The van der Waals surface area contributed by atoms with Crippen molar-refractivity contribution in [2.24, 2.45) is 0 Å². The Hall–Kier alpha value is -1.69. The van der Waals surface area contributed by atoms with E-state index in [1.165, 1.54) is 11.8 Å². The highest BCUT2D eigenvalue weighted by Crippen LogP contribution is 2.40. The van der Waals surface area contributed by atoms with Gasteiger partial charge in [-0.3, -0.25) is 0 Å². The summed E-state index contributed by atoms with van der Waals surface area (Å²) in [4.78, 5) is 17.9. The van der Waals surface area contributed by atoms with E-state index in [1.54, 1.807) is 0 Å². The van der Waals surface area contributed by atoms with Gasteiger partial charge in [-0.2, -0.15) is 0 Å². The van der Waals surface area contributed by atoms with Gasteiger partial charge in [0.15, 0.2) is 5.16 Å². The molecule has 104 valence electrons. The van der Waals surface area contributed by atoms with E-state index < -0.39 is 0 Å². The van der Waals surface area contributed by atoms with Gasteiger partial charge in [0, 0.05) is 22.9 Å². The maximum Gasteiger partial charge on any atom is 0.194 e. The van der Waals surface area contributed by atoms with Crippen LogP contribution in [0.25, 0.3) is 0 Å². The fraction of sp³-hybridized carbons (Fsp3) is 0.429. The summed E-state index contributed by atoms with van der Waals surface area (Å²) in [7, 11) is 0. The predicted octanol–water partition coefficient (Wildman–Crippen LogP) is 2.80. The molecule has 1 aliphatic carbocycles. The van der Waals surface area contributed by atoms with Gasteiger partial charge < -0.3 is 5.73 Å². The van der Waals surface area contributed by atoms with Crippen molar-refractivity contribution in [1.29, 1.82) is 0 Å². The predicted molar refractivity (Wildman–Crippen MR) is 78.8 cm³/mol. The molecule has 3 rings (SSSR count). The van der Waals surface area contributed by atoms with Crippen LogP contribution in [0.2, 0.25) is 0 Å². The van der Waals surface area contributed by atoms with Crippen molar-refractivity contribution in [3.8, 4) is 0 Å². The second-order valence-corrected chi connectivity index (χ2v) is 6.16. The summed E-state index contributed by atoms with van der Waals surface area (Å²) >= 11 is 1.46. The summed E-state index contributed by atoms with van der Waals surface area (Å²) in [6.07, 6.45) is 2.32.